The van der Waals surface area contributed by atoms with Crippen LogP contribution in [0.5, 0.6) is 0 Å². The molecule has 3 atom stereocenters. The van der Waals surface area contributed by atoms with Crippen LogP contribution in [-0.2, 0) is 16.1 Å². The van der Waals surface area contributed by atoms with E-state index in [1.165, 1.54) is 0 Å². The highest BCUT2D eigenvalue weighted by molar-refractivity contribution is 5.92. The normalized spacial score (nSPS) is 25.9. The Morgan fingerprint density at radius 3 is 2.78 bits per heavy atom. The molecule has 2 amide bonds. The summed E-state index contributed by atoms with van der Waals surface area (Å²) < 4.78 is 6.90. The van der Waals surface area contributed by atoms with Crippen LogP contribution in [0.2, 0.25) is 0 Å². The standard InChI is InChI=1S/C16H24N4O3/c1-10-8-12(10)16(22)20-6-5-19-9-13(18-14(19)11(20)2)15(21)17-4-7-23-3/h9-12H,4-8H2,1-3H3,(H,17,21)/t10-,11+,12+/m1/s1. The average Bonchev–Trinajstić information content (AvgIpc) is 3.09. The smallest absolute Gasteiger partial charge is 0.271 e. The average molecular weight is 320 g/mol. The monoisotopic (exact) mass is 320 g/mol. The van der Waals surface area contributed by atoms with Gasteiger partial charge in [-0.25, -0.2) is 4.98 Å². The van der Waals surface area contributed by atoms with Crippen molar-refractivity contribution in [3.05, 3.63) is 17.7 Å². The predicted molar refractivity (Wildman–Crippen MR) is 83.8 cm³/mol. The molecule has 0 unspecified atom stereocenters. The molecule has 1 saturated carbocycles. The van der Waals surface area contributed by atoms with Crippen molar-refractivity contribution < 1.29 is 14.3 Å². The number of nitrogens with one attached hydrogen (secondary N) is 1. The number of fused-ring (bicyclic) bond motifs is 1. The van der Waals surface area contributed by atoms with Gasteiger partial charge in [0, 0.05) is 38.9 Å². The van der Waals surface area contributed by atoms with Crippen molar-refractivity contribution in [2.45, 2.75) is 32.9 Å². The molecule has 7 nitrogen and oxygen atoms in total. The van der Waals surface area contributed by atoms with Crippen molar-refractivity contribution in [3.63, 3.8) is 0 Å². The lowest BCUT2D eigenvalue weighted by Gasteiger charge is -2.34. The molecule has 0 aromatic carbocycles. The molecule has 1 aliphatic carbocycles. The summed E-state index contributed by atoms with van der Waals surface area (Å²) in [6.07, 6.45) is 2.76. The lowest BCUT2D eigenvalue weighted by molar-refractivity contribution is -0.136. The van der Waals surface area contributed by atoms with Crippen molar-refractivity contribution >= 4 is 11.8 Å². The number of rotatable bonds is 5. The Kier molecular flexibility index (Phi) is 4.39. The molecule has 23 heavy (non-hydrogen) atoms. The second kappa shape index (κ2) is 6.31. The first-order valence-electron chi connectivity index (χ1n) is 8.17. The fraction of sp³-hybridized carbons (Fsp3) is 0.688. The van der Waals surface area contributed by atoms with Gasteiger partial charge >= 0.3 is 0 Å². The van der Waals surface area contributed by atoms with Gasteiger partial charge < -0.3 is 19.5 Å². The van der Waals surface area contributed by atoms with E-state index in [4.69, 9.17) is 4.74 Å². The van der Waals surface area contributed by atoms with Crippen LogP contribution in [0.15, 0.2) is 6.20 Å². The predicted octanol–water partition coefficient (Wildman–Crippen LogP) is 0.818. The van der Waals surface area contributed by atoms with Crippen LogP contribution in [0.3, 0.4) is 0 Å². The van der Waals surface area contributed by atoms with Crippen molar-refractivity contribution in [2.75, 3.05) is 26.8 Å². The van der Waals surface area contributed by atoms with Gasteiger partial charge in [-0.15, -0.1) is 0 Å². The number of carbonyl (C=O) groups is 2. The number of imidazole rings is 1. The van der Waals surface area contributed by atoms with E-state index < -0.39 is 0 Å². The number of ether oxygens (including phenoxy) is 1. The van der Waals surface area contributed by atoms with Gasteiger partial charge in [-0.05, 0) is 19.3 Å². The van der Waals surface area contributed by atoms with Crippen LogP contribution >= 0.6 is 0 Å². The van der Waals surface area contributed by atoms with Gasteiger partial charge in [-0.2, -0.15) is 0 Å². The molecule has 2 aliphatic rings. The molecule has 7 heteroatoms. The highest BCUT2D eigenvalue weighted by Gasteiger charge is 2.44. The summed E-state index contributed by atoms with van der Waals surface area (Å²) in [7, 11) is 1.59. The van der Waals surface area contributed by atoms with E-state index >= 15 is 0 Å². The number of hydrogen-bond acceptors (Lipinski definition) is 4. The van der Waals surface area contributed by atoms with Crippen LogP contribution in [-0.4, -0.2) is 53.1 Å². The highest BCUT2D eigenvalue weighted by atomic mass is 16.5. The van der Waals surface area contributed by atoms with Crippen molar-refractivity contribution in [1.29, 1.82) is 0 Å². The van der Waals surface area contributed by atoms with Crippen LogP contribution in [0.4, 0.5) is 0 Å². The summed E-state index contributed by atoms with van der Waals surface area (Å²) in [5.74, 6) is 1.49. The van der Waals surface area contributed by atoms with E-state index in [-0.39, 0.29) is 23.8 Å². The minimum atomic E-state index is -0.204. The van der Waals surface area contributed by atoms with E-state index in [1.807, 2.05) is 16.4 Å². The van der Waals surface area contributed by atoms with Gasteiger partial charge in [0.2, 0.25) is 5.91 Å². The van der Waals surface area contributed by atoms with E-state index in [1.54, 1.807) is 13.3 Å². The Bertz CT molecular complexity index is 612. The number of carbonyl (C=O) groups excluding carboxylic acids is 2. The van der Waals surface area contributed by atoms with Crippen LogP contribution in [0.25, 0.3) is 0 Å². The molecular formula is C16H24N4O3. The minimum Gasteiger partial charge on any atom is -0.383 e. The molecule has 126 valence electrons. The summed E-state index contributed by atoms with van der Waals surface area (Å²) in [6.45, 7) is 6.38. The molecule has 0 radical (unpaired) electrons. The number of methoxy groups -OCH3 is 1. The molecule has 1 aromatic rings. The molecule has 1 N–H and O–H groups in total. The fourth-order valence-electron chi connectivity index (χ4n) is 3.14. The first kappa shape index (κ1) is 16.0. The summed E-state index contributed by atoms with van der Waals surface area (Å²) in [5, 5.41) is 2.77. The Morgan fingerprint density at radius 2 is 2.13 bits per heavy atom. The van der Waals surface area contributed by atoms with Crippen LogP contribution in [0.1, 0.15) is 42.6 Å². The molecule has 0 spiro atoms. The van der Waals surface area contributed by atoms with Crippen LogP contribution in [0, 0.1) is 11.8 Å². The van der Waals surface area contributed by atoms with E-state index in [0.29, 0.717) is 37.9 Å². The largest absolute Gasteiger partial charge is 0.383 e. The molecular weight excluding hydrogens is 296 g/mol. The molecule has 2 heterocycles. The van der Waals surface area contributed by atoms with Gasteiger partial charge in [0.15, 0.2) is 0 Å². The van der Waals surface area contributed by atoms with E-state index in [2.05, 4.69) is 17.2 Å². The second-order valence-corrected chi connectivity index (χ2v) is 6.45. The summed E-state index contributed by atoms with van der Waals surface area (Å²) in [5.41, 5.74) is 0.400. The maximum atomic E-state index is 12.5. The number of hydrogen-bond donors (Lipinski definition) is 1. The van der Waals surface area contributed by atoms with Gasteiger partial charge in [-0.3, -0.25) is 9.59 Å². The Hall–Kier alpha value is -1.89. The van der Waals surface area contributed by atoms with Crippen molar-refractivity contribution in [1.82, 2.24) is 19.8 Å². The quantitative estimate of drug-likeness (QED) is 0.815. The minimum absolute atomic E-state index is 0.0930. The first-order valence-corrected chi connectivity index (χ1v) is 8.17. The maximum absolute atomic E-state index is 12.5. The van der Waals surface area contributed by atoms with E-state index in [0.717, 1.165) is 12.2 Å². The third-order valence-electron chi connectivity index (χ3n) is 4.76. The lowest BCUT2D eigenvalue weighted by Crippen LogP contribution is -2.42. The zero-order valence-corrected chi connectivity index (χ0v) is 13.9. The SMILES string of the molecule is COCCNC(=O)c1cn2c(n1)[C@H](C)N(C(=O)[C@H]1C[C@H]1C)CC2. The summed E-state index contributed by atoms with van der Waals surface area (Å²) >= 11 is 0. The molecule has 3 rings (SSSR count). The van der Waals surface area contributed by atoms with E-state index in [9.17, 15) is 9.59 Å². The van der Waals surface area contributed by atoms with Crippen molar-refractivity contribution in [2.24, 2.45) is 11.8 Å². The molecule has 1 fully saturated rings. The third kappa shape index (κ3) is 3.10. The van der Waals surface area contributed by atoms with Crippen molar-refractivity contribution in [3.8, 4) is 0 Å². The molecule has 0 bridgehead atoms. The molecule has 0 saturated heterocycles. The Balaban J connectivity index is 1.70. The molecule has 1 aromatic heterocycles. The Morgan fingerprint density at radius 1 is 1.39 bits per heavy atom. The Labute approximate surface area is 136 Å². The third-order valence-corrected chi connectivity index (χ3v) is 4.76. The zero-order chi connectivity index (χ0) is 16.6. The van der Waals surface area contributed by atoms with Gasteiger partial charge in [0.05, 0.1) is 12.6 Å². The fourth-order valence-corrected chi connectivity index (χ4v) is 3.14. The van der Waals surface area contributed by atoms with Gasteiger partial charge in [-0.1, -0.05) is 6.92 Å². The lowest BCUT2D eigenvalue weighted by atomic mass is 10.1. The number of nitrogens with zero attached hydrogens (tertiary/aromatic N) is 3. The number of amides is 2. The zero-order valence-electron chi connectivity index (χ0n) is 13.9. The summed E-state index contributed by atoms with van der Waals surface area (Å²) in [4.78, 5) is 31.0. The first-order chi connectivity index (χ1) is 11.0. The molecule has 1 aliphatic heterocycles. The topological polar surface area (TPSA) is 76.5 Å². The maximum Gasteiger partial charge on any atom is 0.271 e. The highest BCUT2D eigenvalue weighted by Crippen LogP contribution is 2.41. The number of aromatic nitrogens is 2. The van der Waals surface area contributed by atoms with Gasteiger partial charge in [0.25, 0.3) is 5.91 Å². The second-order valence-electron chi connectivity index (χ2n) is 6.45. The summed E-state index contributed by atoms with van der Waals surface area (Å²) in [6, 6.07) is -0.0930. The van der Waals surface area contributed by atoms with Gasteiger partial charge in [0.1, 0.15) is 11.5 Å². The van der Waals surface area contributed by atoms with Crippen LogP contribution < -0.4 is 5.32 Å².